The van der Waals surface area contributed by atoms with Crippen molar-refractivity contribution in [2.45, 2.75) is 19.0 Å². The van der Waals surface area contributed by atoms with Crippen LogP contribution in [0.15, 0.2) is 18.2 Å². The van der Waals surface area contributed by atoms with Crippen LogP contribution < -0.4 is 10.1 Å². The Hall–Kier alpha value is -0.590. The van der Waals surface area contributed by atoms with Gasteiger partial charge >= 0.3 is 5.51 Å². The molecule has 0 saturated carbocycles. The van der Waals surface area contributed by atoms with Gasteiger partial charge in [0.05, 0.1) is 6.61 Å². The lowest BCUT2D eigenvalue weighted by Crippen LogP contribution is -2.14. The quantitative estimate of drug-likeness (QED) is 0.766. The molecule has 0 aliphatic carbocycles. The molecule has 1 rings (SSSR count). The molecule has 108 valence electrons. The van der Waals surface area contributed by atoms with Gasteiger partial charge in [-0.05, 0) is 30.4 Å². The molecule has 7 heteroatoms. The Morgan fingerprint density at radius 1 is 1.37 bits per heavy atom. The third-order valence-electron chi connectivity index (χ3n) is 2.23. The molecule has 1 N–H and O–H groups in total. The molecule has 0 aliphatic rings. The van der Waals surface area contributed by atoms with E-state index in [1.807, 2.05) is 6.92 Å². The number of thioether (sulfide) groups is 1. The van der Waals surface area contributed by atoms with Crippen LogP contribution >= 0.6 is 23.4 Å². The lowest BCUT2D eigenvalue weighted by molar-refractivity contribution is -0.0329. The van der Waals surface area contributed by atoms with E-state index in [1.54, 1.807) is 18.2 Å². The first-order chi connectivity index (χ1) is 8.94. The lowest BCUT2D eigenvalue weighted by atomic mass is 10.2. The van der Waals surface area contributed by atoms with E-state index in [0.29, 0.717) is 17.3 Å². The van der Waals surface area contributed by atoms with E-state index in [-0.39, 0.29) is 24.1 Å². The van der Waals surface area contributed by atoms with E-state index in [1.165, 1.54) is 0 Å². The largest absolute Gasteiger partial charge is 0.492 e. The zero-order valence-corrected chi connectivity index (χ0v) is 12.0. The van der Waals surface area contributed by atoms with Gasteiger partial charge in [-0.15, -0.1) is 0 Å². The highest BCUT2D eigenvalue weighted by atomic mass is 35.5. The van der Waals surface area contributed by atoms with Crippen LogP contribution in [0.25, 0.3) is 0 Å². The molecule has 0 amide bonds. The maximum absolute atomic E-state index is 12.0. The molecule has 0 aliphatic heterocycles. The van der Waals surface area contributed by atoms with Crippen molar-refractivity contribution in [3.8, 4) is 5.75 Å². The monoisotopic (exact) mass is 313 g/mol. The third-order valence-corrected chi connectivity index (χ3v) is 3.29. The molecule has 1 aromatic rings. The van der Waals surface area contributed by atoms with Crippen LogP contribution in [0, 0.1) is 0 Å². The SMILES string of the molecule is CCNCc1c(Cl)cccc1OCCSC(F)(F)F. The molecule has 0 spiro atoms. The van der Waals surface area contributed by atoms with E-state index < -0.39 is 5.51 Å². The maximum atomic E-state index is 12.0. The van der Waals surface area contributed by atoms with Crippen molar-refractivity contribution in [2.75, 3.05) is 18.9 Å². The van der Waals surface area contributed by atoms with Gasteiger partial charge in [-0.25, -0.2) is 0 Å². The maximum Gasteiger partial charge on any atom is 0.441 e. The molecule has 2 nitrogen and oxygen atoms in total. The Bertz CT molecular complexity index is 401. The smallest absolute Gasteiger partial charge is 0.441 e. The molecule has 0 atom stereocenters. The predicted molar refractivity (Wildman–Crippen MR) is 72.8 cm³/mol. The van der Waals surface area contributed by atoms with Crippen molar-refractivity contribution >= 4 is 23.4 Å². The van der Waals surface area contributed by atoms with Gasteiger partial charge in [0.2, 0.25) is 0 Å². The standard InChI is InChI=1S/C12H15ClF3NOS/c1-2-17-8-9-10(13)4-3-5-11(9)18-6-7-19-12(14,15)16/h3-5,17H,2,6-8H2,1H3. The summed E-state index contributed by atoms with van der Waals surface area (Å²) in [6.07, 6.45) is 0. The molecule has 0 unspecified atom stereocenters. The van der Waals surface area contributed by atoms with Gasteiger partial charge in [0.25, 0.3) is 0 Å². The van der Waals surface area contributed by atoms with Crippen LogP contribution in [0.4, 0.5) is 13.2 Å². The molecule has 1 aromatic carbocycles. The fourth-order valence-corrected chi connectivity index (χ4v) is 2.04. The molecule has 0 heterocycles. The summed E-state index contributed by atoms with van der Waals surface area (Å²) in [6, 6.07) is 5.15. The van der Waals surface area contributed by atoms with Crippen molar-refractivity contribution in [3.05, 3.63) is 28.8 Å². The lowest BCUT2D eigenvalue weighted by Gasteiger charge is -2.13. The minimum atomic E-state index is -4.22. The van der Waals surface area contributed by atoms with E-state index in [9.17, 15) is 13.2 Å². The number of nitrogens with one attached hydrogen (secondary N) is 1. The highest BCUT2D eigenvalue weighted by Crippen LogP contribution is 2.30. The highest BCUT2D eigenvalue weighted by molar-refractivity contribution is 8.00. The van der Waals surface area contributed by atoms with Crippen LogP contribution in [0.2, 0.25) is 5.02 Å². The first kappa shape index (κ1) is 16.5. The third kappa shape index (κ3) is 6.40. The van der Waals surface area contributed by atoms with Gasteiger partial charge in [-0.2, -0.15) is 13.2 Å². The number of rotatable bonds is 7. The zero-order chi connectivity index (χ0) is 14.3. The molecule has 19 heavy (non-hydrogen) atoms. The first-order valence-corrected chi connectivity index (χ1v) is 7.12. The molecular weight excluding hydrogens is 299 g/mol. The molecule has 0 saturated heterocycles. The summed E-state index contributed by atoms with van der Waals surface area (Å²) >= 11 is 5.95. The summed E-state index contributed by atoms with van der Waals surface area (Å²) in [4.78, 5) is 0. The number of benzene rings is 1. The summed E-state index contributed by atoms with van der Waals surface area (Å²) in [5.41, 5.74) is -3.45. The summed E-state index contributed by atoms with van der Waals surface area (Å²) in [6.45, 7) is 3.24. The zero-order valence-electron chi connectivity index (χ0n) is 10.4. The van der Waals surface area contributed by atoms with E-state index in [4.69, 9.17) is 16.3 Å². The number of ether oxygens (including phenoxy) is 1. The number of alkyl halides is 3. The van der Waals surface area contributed by atoms with Crippen LogP contribution in [0.1, 0.15) is 12.5 Å². The van der Waals surface area contributed by atoms with Gasteiger partial charge in [-0.1, -0.05) is 24.6 Å². The van der Waals surface area contributed by atoms with Gasteiger partial charge < -0.3 is 10.1 Å². The van der Waals surface area contributed by atoms with Gasteiger partial charge in [0.15, 0.2) is 0 Å². The van der Waals surface area contributed by atoms with Crippen LogP contribution in [-0.2, 0) is 6.54 Å². The Morgan fingerprint density at radius 3 is 2.74 bits per heavy atom. The Balaban J connectivity index is 2.55. The van der Waals surface area contributed by atoms with Gasteiger partial charge in [0, 0.05) is 22.9 Å². The van der Waals surface area contributed by atoms with Crippen LogP contribution in [0.3, 0.4) is 0 Å². The average molecular weight is 314 g/mol. The first-order valence-electron chi connectivity index (χ1n) is 5.75. The van der Waals surface area contributed by atoms with Crippen LogP contribution in [-0.4, -0.2) is 24.4 Å². The Labute approximate surface area is 119 Å². The Kier molecular flexibility index (Phi) is 6.82. The molecular formula is C12H15ClF3NOS. The average Bonchev–Trinajstić information content (AvgIpc) is 2.32. The molecule has 0 radical (unpaired) electrons. The summed E-state index contributed by atoms with van der Waals surface area (Å²) < 4.78 is 41.3. The number of halogens is 4. The minimum Gasteiger partial charge on any atom is -0.492 e. The van der Waals surface area contributed by atoms with E-state index >= 15 is 0 Å². The second-order valence-corrected chi connectivity index (χ2v) is 5.21. The van der Waals surface area contributed by atoms with Crippen molar-refractivity contribution in [1.29, 1.82) is 0 Å². The van der Waals surface area contributed by atoms with E-state index in [2.05, 4.69) is 5.32 Å². The van der Waals surface area contributed by atoms with Crippen LogP contribution in [0.5, 0.6) is 5.75 Å². The topological polar surface area (TPSA) is 21.3 Å². The molecule has 0 fully saturated rings. The summed E-state index contributed by atoms with van der Waals surface area (Å²) in [7, 11) is 0. The minimum absolute atomic E-state index is 0.0103. The van der Waals surface area contributed by atoms with Gasteiger partial charge in [0.1, 0.15) is 5.75 Å². The summed E-state index contributed by atoms with van der Waals surface area (Å²) in [5, 5.41) is 3.65. The fraction of sp³-hybridized carbons (Fsp3) is 0.500. The summed E-state index contributed by atoms with van der Waals surface area (Å²) in [5.74, 6) is 0.382. The Morgan fingerprint density at radius 2 is 2.11 bits per heavy atom. The number of hydrogen-bond donors (Lipinski definition) is 1. The number of hydrogen-bond acceptors (Lipinski definition) is 3. The highest BCUT2D eigenvalue weighted by Gasteiger charge is 2.27. The van der Waals surface area contributed by atoms with Crippen molar-refractivity contribution in [3.63, 3.8) is 0 Å². The van der Waals surface area contributed by atoms with Crippen molar-refractivity contribution in [1.82, 2.24) is 5.32 Å². The second-order valence-electron chi connectivity index (χ2n) is 3.64. The molecule has 0 aromatic heterocycles. The van der Waals surface area contributed by atoms with Crippen molar-refractivity contribution < 1.29 is 17.9 Å². The fourth-order valence-electron chi connectivity index (χ4n) is 1.40. The van der Waals surface area contributed by atoms with E-state index in [0.717, 1.165) is 12.1 Å². The normalized spacial score (nSPS) is 11.6. The molecule has 0 bridgehead atoms. The van der Waals surface area contributed by atoms with Gasteiger partial charge in [-0.3, -0.25) is 0 Å². The predicted octanol–water partition coefficient (Wildman–Crippen LogP) is 4.08. The second kappa shape index (κ2) is 7.87. The van der Waals surface area contributed by atoms with Crippen molar-refractivity contribution in [2.24, 2.45) is 0 Å².